The van der Waals surface area contributed by atoms with Crippen LogP contribution < -0.4 is 14.8 Å². The Labute approximate surface area is 215 Å². The summed E-state index contributed by atoms with van der Waals surface area (Å²) in [6.45, 7) is 4.73. The highest BCUT2D eigenvalue weighted by Gasteiger charge is 2.42. The van der Waals surface area contributed by atoms with Gasteiger partial charge in [0.1, 0.15) is 6.61 Å². The molecule has 5 rings (SSSR count). The molecule has 0 radical (unpaired) electrons. The Hall–Kier alpha value is -3.29. The zero-order valence-corrected chi connectivity index (χ0v) is 21.0. The maximum absolute atomic E-state index is 13.7. The molecule has 2 aromatic carbocycles. The van der Waals surface area contributed by atoms with Gasteiger partial charge in [0.15, 0.2) is 17.3 Å². The van der Waals surface area contributed by atoms with E-state index in [2.05, 4.69) is 5.32 Å². The first kappa shape index (κ1) is 24.4. The van der Waals surface area contributed by atoms with Gasteiger partial charge in [0, 0.05) is 47.0 Å². The number of dihydropyridines is 1. The van der Waals surface area contributed by atoms with E-state index >= 15 is 0 Å². The Morgan fingerprint density at radius 3 is 2.61 bits per heavy atom. The summed E-state index contributed by atoms with van der Waals surface area (Å²) in [5.41, 5.74) is 4.07. The van der Waals surface area contributed by atoms with Crippen LogP contribution in [-0.2, 0) is 19.1 Å². The van der Waals surface area contributed by atoms with Crippen LogP contribution in [0.25, 0.3) is 0 Å². The Bertz CT molecular complexity index is 1250. The monoisotopic (exact) mass is 509 g/mol. The number of hydrogen-bond acceptors (Lipinski definition) is 7. The maximum atomic E-state index is 13.7. The number of allylic oxidation sites excluding steroid dienone is 3. The van der Waals surface area contributed by atoms with Crippen LogP contribution in [0.15, 0.2) is 65.0 Å². The lowest BCUT2D eigenvalue weighted by atomic mass is 9.71. The number of esters is 1. The molecule has 0 saturated carbocycles. The lowest BCUT2D eigenvalue weighted by Gasteiger charge is -2.37. The third kappa shape index (κ3) is 4.61. The molecule has 2 atom stereocenters. The second-order valence-corrected chi connectivity index (χ2v) is 9.39. The van der Waals surface area contributed by atoms with Crippen LogP contribution in [0.3, 0.4) is 0 Å². The third-order valence-corrected chi connectivity index (χ3v) is 7.11. The van der Waals surface area contributed by atoms with Crippen LogP contribution in [-0.4, -0.2) is 38.4 Å². The van der Waals surface area contributed by atoms with Gasteiger partial charge in [-0.1, -0.05) is 41.9 Å². The minimum absolute atomic E-state index is 0.0246. The van der Waals surface area contributed by atoms with Gasteiger partial charge in [0.25, 0.3) is 0 Å². The standard InChI is InChI=1S/C28H28ClNO6/c1-3-33-9-10-34-28(32)25-16(2)30-21-11-18(17-7-5-4-6-8-17)12-22(31)27(21)26(25)19-13-23-24(14-20(19)29)36-15-35-23/h4-8,13-14,18,26,30H,3,9-12,15H2,1-2H3. The minimum Gasteiger partial charge on any atom is -0.460 e. The normalized spacial score (nSPS) is 20.8. The lowest BCUT2D eigenvalue weighted by Crippen LogP contribution is -2.36. The van der Waals surface area contributed by atoms with Crippen LogP contribution in [0.5, 0.6) is 11.5 Å². The summed E-state index contributed by atoms with van der Waals surface area (Å²) in [5.74, 6) is -0.112. The predicted octanol–water partition coefficient (Wildman–Crippen LogP) is 5.01. The van der Waals surface area contributed by atoms with Crippen LogP contribution >= 0.6 is 11.6 Å². The van der Waals surface area contributed by atoms with E-state index < -0.39 is 11.9 Å². The van der Waals surface area contributed by atoms with Gasteiger partial charge in [-0.05, 0) is 43.4 Å². The number of carbonyl (C=O) groups is 2. The molecule has 0 aromatic heterocycles. The van der Waals surface area contributed by atoms with Gasteiger partial charge in [-0.2, -0.15) is 0 Å². The minimum atomic E-state index is -0.688. The van der Waals surface area contributed by atoms with Crippen molar-refractivity contribution in [1.82, 2.24) is 5.32 Å². The van der Waals surface area contributed by atoms with Crippen molar-refractivity contribution in [2.45, 2.75) is 38.5 Å². The second-order valence-electron chi connectivity index (χ2n) is 8.99. The fourth-order valence-corrected chi connectivity index (χ4v) is 5.41. The number of halogens is 1. The van der Waals surface area contributed by atoms with Gasteiger partial charge in [-0.3, -0.25) is 4.79 Å². The number of fused-ring (bicyclic) bond motifs is 1. The summed E-state index contributed by atoms with van der Waals surface area (Å²) in [6.07, 6.45) is 0.989. The molecule has 0 amide bonds. The number of Topliss-reactive ketones (excluding diaryl/α,β-unsaturated/α-hetero) is 1. The second kappa shape index (κ2) is 10.4. The van der Waals surface area contributed by atoms with Gasteiger partial charge in [-0.25, -0.2) is 4.79 Å². The van der Waals surface area contributed by atoms with E-state index in [-0.39, 0.29) is 25.1 Å². The molecule has 1 N–H and O–H groups in total. The van der Waals surface area contributed by atoms with Crippen molar-refractivity contribution in [3.63, 3.8) is 0 Å². The van der Waals surface area contributed by atoms with E-state index in [4.69, 9.17) is 30.5 Å². The first-order chi connectivity index (χ1) is 17.5. The van der Waals surface area contributed by atoms with Gasteiger partial charge in [0.2, 0.25) is 6.79 Å². The number of benzene rings is 2. The summed E-state index contributed by atoms with van der Waals surface area (Å²) in [6, 6.07) is 13.5. The Morgan fingerprint density at radius 1 is 1.11 bits per heavy atom. The highest BCUT2D eigenvalue weighted by Crippen LogP contribution is 2.49. The quantitative estimate of drug-likeness (QED) is 0.415. The SMILES string of the molecule is CCOCCOC(=O)C1=C(C)NC2=C(C(=O)CC(c3ccccc3)C2)C1c1cc2c(cc1Cl)OCO2. The van der Waals surface area contributed by atoms with Gasteiger partial charge >= 0.3 is 5.97 Å². The van der Waals surface area contributed by atoms with Crippen LogP contribution in [0.1, 0.15) is 49.7 Å². The summed E-state index contributed by atoms with van der Waals surface area (Å²) in [4.78, 5) is 27.1. The summed E-state index contributed by atoms with van der Waals surface area (Å²) in [7, 11) is 0. The number of hydrogen-bond donors (Lipinski definition) is 1. The van der Waals surface area contributed by atoms with Crippen molar-refractivity contribution in [3.05, 3.63) is 81.2 Å². The molecule has 0 saturated heterocycles. The van der Waals surface area contributed by atoms with E-state index in [1.54, 1.807) is 12.1 Å². The van der Waals surface area contributed by atoms with E-state index in [1.807, 2.05) is 44.2 Å². The van der Waals surface area contributed by atoms with Crippen molar-refractivity contribution in [1.29, 1.82) is 0 Å². The Morgan fingerprint density at radius 2 is 1.86 bits per heavy atom. The van der Waals surface area contributed by atoms with Crippen molar-refractivity contribution >= 4 is 23.4 Å². The zero-order chi connectivity index (χ0) is 25.2. The molecule has 0 fully saturated rings. The van der Waals surface area contributed by atoms with E-state index in [0.29, 0.717) is 65.0 Å². The Balaban J connectivity index is 1.56. The van der Waals surface area contributed by atoms with Crippen molar-refractivity contribution in [2.24, 2.45) is 0 Å². The predicted molar refractivity (Wildman–Crippen MR) is 134 cm³/mol. The molecule has 2 heterocycles. The smallest absolute Gasteiger partial charge is 0.336 e. The van der Waals surface area contributed by atoms with E-state index in [0.717, 1.165) is 11.3 Å². The molecular weight excluding hydrogens is 482 g/mol. The topological polar surface area (TPSA) is 83.1 Å². The molecule has 8 heteroatoms. The molecule has 7 nitrogen and oxygen atoms in total. The average Bonchev–Trinajstić information content (AvgIpc) is 3.32. The molecular formula is C28H28ClNO6. The molecule has 1 aliphatic carbocycles. The number of rotatable bonds is 7. The van der Waals surface area contributed by atoms with Crippen molar-refractivity contribution in [2.75, 3.05) is 26.6 Å². The maximum Gasteiger partial charge on any atom is 0.336 e. The number of ether oxygens (including phenoxy) is 4. The number of nitrogens with one attached hydrogen (secondary N) is 1. The Kier molecular flexibility index (Phi) is 7.03. The first-order valence-corrected chi connectivity index (χ1v) is 12.5. The molecule has 3 aliphatic rings. The molecule has 0 spiro atoms. The highest BCUT2D eigenvalue weighted by atomic mass is 35.5. The largest absolute Gasteiger partial charge is 0.460 e. The molecule has 2 unspecified atom stereocenters. The van der Waals surface area contributed by atoms with Gasteiger partial charge in [-0.15, -0.1) is 0 Å². The summed E-state index contributed by atoms with van der Waals surface area (Å²) < 4.78 is 21.9. The molecule has 36 heavy (non-hydrogen) atoms. The summed E-state index contributed by atoms with van der Waals surface area (Å²) >= 11 is 6.72. The van der Waals surface area contributed by atoms with E-state index in [9.17, 15) is 9.59 Å². The lowest BCUT2D eigenvalue weighted by molar-refractivity contribution is -0.140. The first-order valence-electron chi connectivity index (χ1n) is 12.1. The zero-order valence-electron chi connectivity index (χ0n) is 20.3. The number of ketones is 1. The summed E-state index contributed by atoms with van der Waals surface area (Å²) in [5, 5.41) is 3.75. The van der Waals surface area contributed by atoms with Crippen molar-refractivity contribution < 1.29 is 28.5 Å². The van der Waals surface area contributed by atoms with Gasteiger partial charge in [0.05, 0.1) is 12.2 Å². The van der Waals surface area contributed by atoms with Gasteiger partial charge < -0.3 is 24.3 Å². The fraction of sp³-hybridized carbons (Fsp3) is 0.357. The van der Waals surface area contributed by atoms with Crippen LogP contribution in [0.4, 0.5) is 0 Å². The van der Waals surface area contributed by atoms with Crippen LogP contribution in [0.2, 0.25) is 5.02 Å². The third-order valence-electron chi connectivity index (χ3n) is 6.79. The molecule has 2 aliphatic heterocycles. The van der Waals surface area contributed by atoms with Crippen molar-refractivity contribution in [3.8, 4) is 11.5 Å². The molecule has 188 valence electrons. The van der Waals surface area contributed by atoms with Crippen LogP contribution in [0, 0.1) is 0 Å². The van der Waals surface area contributed by atoms with E-state index in [1.165, 1.54) is 0 Å². The molecule has 2 aromatic rings. The fourth-order valence-electron chi connectivity index (χ4n) is 5.15. The highest BCUT2D eigenvalue weighted by molar-refractivity contribution is 6.32. The molecule has 0 bridgehead atoms. The number of carbonyl (C=O) groups excluding carboxylic acids is 2. The average molecular weight is 510 g/mol.